The van der Waals surface area contributed by atoms with Crippen LogP contribution in [0.5, 0.6) is 0 Å². The first kappa shape index (κ1) is 41.7. The quantitative estimate of drug-likeness (QED) is 0.121. The molecular weight excluding hydrogens is 821 g/mol. The molecule has 11 rings (SSSR count). The van der Waals surface area contributed by atoms with Gasteiger partial charge >= 0.3 is 0 Å². The van der Waals surface area contributed by atoms with Crippen molar-refractivity contribution in [3.05, 3.63) is 291 Å². The van der Waals surface area contributed by atoms with E-state index in [1.54, 1.807) is 0 Å². The Morgan fingerprint density at radius 2 is 0.309 bits per heavy atom. The summed E-state index contributed by atoms with van der Waals surface area (Å²) < 4.78 is 0. The molecule has 0 amide bonds. The van der Waals surface area contributed by atoms with E-state index in [4.69, 9.17) is 0 Å². The van der Waals surface area contributed by atoms with Crippen molar-refractivity contribution in [3.8, 4) is 66.8 Å². The molecule has 11 aromatic carbocycles. The van der Waals surface area contributed by atoms with Gasteiger partial charge in [0.2, 0.25) is 0 Å². The third kappa shape index (κ3) is 9.00. The van der Waals surface area contributed by atoms with Gasteiger partial charge in [0.25, 0.3) is 0 Å². The molecule has 0 aliphatic rings. The van der Waals surface area contributed by atoms with E-state index >= 15 is 0 Å². The number of rotatable bonds is 12. The molecule has 0 aliphatic carbocycles. The first-order valence-electron chi connectivity index (χ1n) is 23.2. The van der Waals surface area contributed by atoms with Gasteiger partial charge in [-0.05, 0) is 146 Å². The molecule has 11 aromatic rings. The minimum Gasteiger partial charge on any atom is -0.311 e. The lowest BCUT2D eigenvalue weighted by Crippen LogP contribution is -2.10. The second-order valence-electron chi connectivity index (χ2n) is 17.0. The Bertz CT molecular complexity index is 3210. The lowest BCUT2D eigenvalue weighted by Gasteiger charge is -2.27. The second kappa shape index (κ2) is 19.2. The normalized spacial score (nSPS) is 10.9. The predicted octanol–water partition coefficient (Wildman–Crippen LogP) is 18.6. The minimum atomic E-state index is 1.08. The van der Waals surface area contributed by atoms with Crippen LogP contribution in [-0.2, 0) is 0 Å². The third-order valence-electron chi connectivity index (χ3n) is 12.7. The Labute approximate surface area is 400 Å². The van der Waals surface area contributed by atoms with Crippen molar-refractivity contribution in [1.82, 2.24) is 0 Å². The number of benzene rings is 11. The topological polar surface area (TPSA) is 6.48 Å². The predicted molar refractivity (Wildman–Crippen MR) is 288 cm³/mol. The molecule has 0 fully saturated rings. The van der Waals surface area contributed by atoms with Gasteiger partial charge in [0, 0.05) is 34.1 Å². The van der Waals surface area contributed by atoms with Crippen LogP contribution >= 0.6 is 0 Å². The Kier molecular flexibility index (Phi) is 11.8. The van der Waals surface area contributed by atoms with Crippen LogP contribution in [0.25, 0.3) is 66.8 Å². The smallest absolute Gasteiger partial charge is 0.0473 e. The summed E-state index contributed by atoms with van der Waals surface area (Å²) in [5.41, 5.74) is 20.7. The van der Waals surface area contributed by atoms with E-state index in [9.17, 15) is 0 Å². The van der Waals surface area contributed by atoms with Crippen molar-refractivity contribution in [2.75, 3.05) is 9.80 Å². The SMILES string of the molecule is c1ccc(-c2ccc(N(c3ccc(-c4ccccc4)cc3)c3ccc(-c4ccc(N(c5ccc(-c6ccccc6)cc5)c5cc(-c6ccccc6)cc(-c6ccccc6)c5)cc4)cc3)cc2)cc1. The fourth-order valence-corrected chi connectivity index (χ4v) is 9.14. The van der Waals surface area contributed by atoms with Gasteiger partial charge in [-0.15, -0.1) is 0 Å². The summed E-state index contributed by atoms with van der Waals surface area (Å²) in [5.74, 6) is 0. The Morgan fingerprint density at radius 3 is 0.529 bits per heavy atom. The van der Waals surface area contributed by atoms with Crippen LogP contribution in [0.15, 0.2) is 291 Å². The molecule has 0 spiro atoms. The number of hydrogen-bond donors (Lipinski definition) is 0. The van der Waals surface area contributed by atoms with Crippen molar-refractivity contribution >= 4 is 34.1 Å². The Morgan fingerprint density at radius 1 is 0.132 bits per heavy atom. The number of hydrogen-bond acceptors (Lipinski definition) is 2. The van der Waals surface area contributed by atoms with Crippen molar-refractivity contribution in [2.24, 2.45) is 0 Å². The van der Waals surface area contributed by atoms with E-state index in [2.05, 4.69) is 301 Å². The summed E-state index contributed by atoms with van der Waals surface area (Å²) >= 11 is 0. The number of anilines is 6. The summed E-state index contributed by atoms with van der Waals surface area (Å²) in [4.78, 5) is 4.72. The maximum absolute atomic E-state index is 2.38. The zero-order valence-electron chi connectivity index (χ0n) is 37.6. The maximum Gasteiger partial charge on any atom is 0.0473 e. The zero-order chi connectivity index (χ0) is 45.5. The molecule has 0 unspecified atom stereocenters. The van der Waals surface area contributed by atoms with Gasteiger partial charge in [0.05, 0.1) is 0 Å². The van der Waals surface area contributed by atoms with Gasteiger partial charge < -0.3 is 9.80 Å². The van der Waals surface area contributed by atoms with Crippen LogP contribution in [0, 0.1) is 0 Å². The molecule has 0 N–H and O–H groups in total. The fourth-order valence-electron chi connectivity index (χ4n) is 9.14. The van der Waals surface area contributed by atoms with E-state index in [-0.39, 0.29) is 0 Å². The monoisotopic (exact) mass is 868 g/mol. The van der Waals surface area contributed by atoms with Gasteiger partial charge in [-0.2, -0.15) is 0 Å². The van der Waals surface area contributed by atoms with Crippen LogP contribution < -0.4 is 9.80 Å². The molecule has 322 valence electrons. The first-order chi connectivity index (χ1) is 33.7. The molecule has 0 bridgehead atoms. The van der Waals surface area contributed by atoms with E-state index < -0.39 is 0 Å². The van der Waals surface area contributed by atoms with Crippen molar-refractivity contribution in [3.63, 3.8) is 0 Å². The lowest BCUT2D eigenvalue weighted by atomic mass is 9.97. The van der Waals surface area contributed by atoms with Crippen molar-refractivity contribution in [2.45, 2.75) is 0 Å². The molecule has 0 aliphatic heterocycles. The van der Waals surface area contributed by atoms with E-state index in [1.165, 1.54) is 44.5 Å². The molecule has 0 atom stereocenters. The molecular formula is C66H48N2. The Hall–Kier alpha value is -8.98. The fraction of sp³-hybridized carbons (Fsp3) is 0. The molecule has 2 nitrogen and oxygen atoms in total. The summed E-state index contributed by atoms with van der Waals surface area (Å²) in [6.07, 6.45) is 0. The van der Waals surface area contributed by atoms with Crippen LogP contribution in [0.2, 0.25) is 0 Å². The largest absolute Gasteiger partial charge is 0.311 e. The summed E-state index contributed by atoms with van der Waals surface area (Å²) in [7, 11) is 0. The minimum absolute atomic E-state index is 1.08. The van der Waals surface area contributed by atoms with Gasteiger partial charge in [-0.25, -0.2) is 0 Å². The molecule has 0 saturated carbocycles. The Balaban J connectivity index is 0.951. The zero-order valence-corrected chi connectivity index (χ0v) is 37.6. The second-order valence-corrected chi connectivity index (χ2v) is 17.0. The standard InChI is InChI=1S/C66H48N2/c1-6-16-49(17-7-1)54-26-36-61(37-27-54)67(62-38-28-55(29-39-62)50-18-8-2-9-19-50)63-40-32-57(33-41-63)58-34-44-65(45-35-58)68(64-42-30-56(31-43-64)51-20-10-3-11-21-51)66-47-59(52-22-12-4-13-23-52)46-60(48-66)53-24-14-5-15-25-53/h1-48H. The average molecular weight is 869 g/mol. The van der Waals surface area contributed by atoms with Crippen LogP contribution in [0.1, 0.15) is 0 Å². The average Bonchev–Trinajstić information content (AvgIpc) is 3.43. The molecule has 68 heavy (non-hydrogen) atoms. The van der Waals surface area contributed by atoms with Crippen molar-refractivity contribution in [1.29, 1.82) is 0 Å². The molecule has 0 aromatic heterocycles. The summed E-state index contributed by atoms with van der Waals surface area (Å²) in [6.45, 7) is 0. The molecule has 0 radical (unpaired) electrons. The third-order valence-corrected chi connectivity index (χ3v) is 12.7. The molecule has 0 heterocycles. The number of nitrogens with zero attached hydrogens (tertiary/aromatic N) is 2. The first-order valence-corrected chi connectivity index (χ1v) is 23.2. The van der Waals surface area contributed by atoms with Gasteiger partial charge in [-0.1, -0.05) is 212 Å². The van der Waals surface area contributed by atoms with Crippen LogP contribution in [0.4, 0.5) is 34.1 Å². The summed E-state index contributed by atoms with van der Waals surface area (Å²) in [5, 5.41) is 0. The van der Waals surface area contributed by atoms with Gasteiger partial charge in [0.1, 0.15) is 0 Å². The highest BCUT2D eigenvalue weighted by Crippen LogP contribution is 2.42. The highest BCUT2D eigenvalue weighted by atomic mass is 15.1. The maximum atomic E-state index is 2.38. The van der Waals surface area contributed by atoms with E-state index in [0.717, 1.165) is 56.4 Å². The van der Waals surface area contributed by atoms with Crippen LogP contribution in [-0.4, -0.2) is 0 Å². The van der Waals surface area contributed by atoms with Crippen LogP contribution in [0.3, 0.4) is 0 Å². The van der Waals surface area contributed by atoms with Gasteiger partial charge in [0.15, 0.2) is 0 Å². The molecule has 2 heteroatoms. The highest BCUT2D eigenvalue weighted by molar-refractivity contribution is 5.87. The molecule has 0 saturated heterocycles. The van der Waals surface area contributed by atoms with Crippen molar-refractivity contribution < 1.29 is 0 Å². The van der Waals surface area contributed by atoms with E-state index in [1.807, 2.05) is 0 Å². The van der Waals surface area contributed by atoms with Gasteiger partial charge in [-0.3, -0.25) is 0 Å². The van der Waals surface area contributed by atoms with E-state index in [0.29, 0.717) is 0 Å². The summed E-state index contributed by atoms with van der Waals surface area (Å²) in [6, 6.07) is 105. The highest BCUT2D eigenvalue weighted by Gasteiger charge is 2.18. The lowest BCUT2D eigenvalue weighted by molar-refractivity contribution is 1.28.